The summed E-state index contributed by atoms with van der Waals surface area (Å²) in [7, 11) is 1.64. The van der Waals surface area contributed by atoms with E-state index in [2.05, 4.69) is 17.1 Å². The number of piperidine rings is 1. The van der Waals surface area contributed by atoms with Gasteiger partial charge in [-0.3, -0.25) is 9.89 Å². The van der Waals surface area contributed by atoms with Crippen LogP contribution in [0, 0.1) is 5.92 Å². The van der Waals surface area contributed by atoms with Crippen LogP contribution in [0.2, 0.25) is 0 Å². The summed E-state index contributed by atoms with van der Waals surface area (Å²) in [4.78, 5) is 14.7. The lowest BCUT2D eigenvalue weighted by Gasteiger charge is -2.30. The number of nitrogens with zero attached hydrogens (tertiary/aromatic N) is 2. The number of amides is 1. The summed E-state index contributed by atoms with van der Waals surface area (Å²) in [5.41, 5.74) is 2.34. The normalized spacial score (nSPS) is 18.3. The molecule has 1 saturated heterocycles. The number of aromatic amines is 1. The largest absolute Gasteiger partial charge is 0.497 e. The number of likely N-dealkylation sites (tertiary alicyclic amines) is 1. The molecule has 22 heavy (non-hydrogen) atoms. The van der Waals surface area contributed by atoms with Gasteiger partial charge in [-0.2, -0.15) is 5.10 Å². The first-order chi connectivity index (χ1) is 10.7. The summed E-state index contributed by atoms with van der Waals surface area (Å²) >= 11 is 0. The molecule has 0 spiro atoms. The Morgan fingerprint density at radius 2 is 2.14 bits per heavy atom. The van der Waals surface area contributed by atoms with Crippen LogP contribution in [-0.2, 0) is 0 Å². The van der Waals surface area contributed by atoms with Crippen LogP contribution in [0.15, 0.2) is 30.5 Å². The Balaban J connectivity index is 1.86. The van der Waals surface area contributed by atoms with E-state index in [0.29, 0.717) is 11.5 Å². The molecule has 1 atom stereocenters. The first-order valence-electron chi connectivity index (χ1n) is 7.66. The van der Waals surface area contributed by atoms with Crippen molar-refractivity contribution in [2.45, 2.75) is 19.8 Å². The van der Waals surface area contributed by atoms with Crippen LogP contribution >= 0.6 is 0 Å². The van der Waals surface area contributed by atoms with Gasteiger partial charge < -0.3 is 9.64 Å². The lowest BCUT2D eigenvalue weighted by atomic mass is 9.99. The van der Waals surface area contributed by atoms with Gasteiger partial charge in [-0.15, -0.1) is 0 Å². The molecule has 0 bridgehead atoms. The van der Waals surface area contributed by atoms with E-state index in [0.717, 1.165) is 36.5 Å². The fourth-order valence-electron chi connectivity index (χ4n) is 2.97. The highest BCUT2D eigenvalue weighted by Gasteiger charge is 2.25. The molecule has 2 aromatic rings. The second-order valence-corrected chi connectivity index (χ2v) is 5.89. The summed E-state index contributed by atoms with van der Waals surface area (Å²) in [5.74, 6) is 1.42. The number of aromatic nitrogens is 2. The Morgan fingerprint density at radius 1 is 1.36 bits per heavy atom. The van der Waals surface area contributed by atoms with Gasteiger partial charge in [0.05, 0.1) is 24.6 Å². The number of carbonyl (C=O) groups excluding carboxylic acids is 1. The molecule has 1 aromatic carbocycles. The van der Waals surface area contributed by atoms with Crippen LogP contribution in [0.5, 0.6) is 5.75 Å². The average molecular weight is 299 g/mol. The minimum atomic E-state index is 0.0612. The van der Waals surface area contributed by atoms with Crippen LogP contribution < -0.4 is 4.74 Å². The second kappa shape index (κ2) is 6.22. The fourth-order valence-corrected chi connectivity index (χ4v) is 2.97. The Bertz CT molecular complexity index is 648. The smallest absolute Gasteiger partial charge is 0.257 e. The molecule has 1 N–H and O–H groups in total. The predicted octanol–water partition coefficient (Wildman–Crippen LogP) is 2.96. The Morgan fingerprint density at radius 3 is 2.82 bits per heavy atom. The van der Waals surface area contributed by atoms with Crippen molar-refractivity contribution >= 4 is 5.91 Å². The van der Waals surface area contributed by atoms with Gasteiger partial charge in [0.15, 0.2) is 0 Å². The van der Waals surface area contributed by atoms with Crippen LogP contribution in [0.1, 0.15) is 30.1 Å². The van der Waals surface area contributed by atoms with E-state index in [4.69, 9.17) is 4.74 Å². The van der Waals surface area contributed by atoms with Crippen molar-refractivity contribution in [3.05, 3.63) is 36.0 Å². The van der Waals surface area contributed by atoms with Gasteiger partial charge in [0, 0.05) is 18.7 Å². The zero-order valence-corrected chi connectivity index (χ0v) is 13.0. The summed E-state index contributed by atoms with van der Waals surface area (Å²) in [6, 6.07) is 7.63. The molecule has 1 fully saturated rings. The maximum absolute atomic E-state index is 12.8. The molecule has 0 radical (unpaired) electrons. The fraction of sp³-hybridized carbons (Fsp3) is 0.412. The third kappa shape index (κ3) is 2.84. The molecule has 1 amide bonds. The van der Waals surface area contributed by atoms with Crippen LogP contribution in [0.4, 0.5) is 0 Å². The monoisotopic (exact) mass is 299 g/mol. The van der Waals surface area contributed by atoms with Gasteiger partial charge in [-0.05, 0) is 43.0 Å². The average Bonchev–Trinajstić information content (AvgIpc) is 3.04. The zero-order chi connectivity index (χ0) is 15.5. The number of H-pyrrole nitrogens is 1. The number of rotatable bonds is 3. The van der Waals surface area contributed by atoms with E-state index in [1.807, 2.05) is 29.2 Å². The molecule has 1 aliphatic heterocycles. The molecular formula is C17H21N3O2. The molecular weight excluding hydrogens is 278 g/mol. The Hall–Kier alpha value is -2.30. The van der Waals surface area contributed by atoms with Crippen molar-refractivity contribution in [3.8, 4) is 17.0 Å². The standard InChI is InChI=1S/C17H21N3O2/c1-12-4-3-9-20(11-12)17(21)15-10-18-19-16(15)13-5-7-14(22-2)8-6-13/h5-8,10,12H,3-4,9,11H2,1-2H3,(H,18,19). The Labute approximate surface area is 130 Å². The number of hydrogen-bond acceptors (Lipinski definition) is 3. The van der Waals surface area contributed by atoms with E-state index < -0.39 is 0 Å². The second-order valence-electron chi connectivity index (χ2n) is 5.89. The minimum Gasteiger partial charge on any atom is -0.497 e. The van der Waals surface area contributed by atoms with E-state index in [1.165, 1.54) is 6.42 Å². The van der Waals surface area contributed by atoms with Gasteiger partial charge in [0.2, 0.25) is 0 Å². The number of carbonyl (C=O) groups is 1. The van der Waals surface area contributed by atoms with Gasteiger partial charge in [-0.1, -0.05) is 6.92 Å². The summed E-state index contributed by atoms with van der Waals surface area (Å²) in [6.45, 7) is 3.85. The van der Waals surface area contributed by atoms with E-state index in [-0.39, 0.29) is 5.91 Å². The van der Waals surface area contributed by atoms with Crippen molar-refractivity contribution in [2.75, 3.05) is 20.2 Å². The van der Waals surface area contributed by atoms with Gasteiger partial charge >= 0.3 is 0 Å². The van der Waals surface area contributed by atoms with Crippen molar-refractivity contribution < 1.29 is 9.53 Å². The lowest BCUT2D eigenvalue weighted by Crippen LogP contribution is -2.39. The number of ether oxygens (including phenoxy) is 1. The quantitative estimate of drug-likeness (QED) is 0.948. The first kappa shape index (κ1) is 14.6. The number of nitrogens with one attached hydrogen (secondary N) is 1. The maximum atomic E-state index is 12.8. The highest BCUT2D eigenvalue weighted by atomic mass is 16.5. The van der Waals surface area contributed by atoms with Gasteiger partial charge in [0.25, 0.3) is 5.91 Å². The third-order valence-electron chi connectivity index (χ3n) is 4.19. The molecule has 0 aliphatic carbocycles. The maximum Gasteiger partial charge on any atom is 0.257 e. The molecule has 116 valence electrons. The lowest BCUT2D eigenvalue weighted by molar-refractivity contribution is 0.0684. The molecule has 2 heterocycles. The molecule has 5 heteroatoms. The number of benzene rings is 1. The summed E-state index contributed by atoms with van der Waals surface area (Å²) < 4.78 is 5.17. The molecule has 1 aromatic heterocycles. The van der Waals surface area contributed by atoms with E-state index >= 15 is 0 Å². The van der Waals surface area contributed by atoms with E-state index in [1.54, 1.807) is 13.3 Å². The van der Waals surface area contributed by atoms with Crippen molar-refractivity contribution in [1.82, 2.24) is 15.1 Å². The van der Waals surface area contributed by atoms with Crippen LogP contribution in [0.3, 0.4) is 0 Å². The molecule has 5 nitrogen and oxygen atoms in total. The topological polar surface area (TPSA) is 58.2 Å². The third-order valence-corrected chi connectivity index (χ3v) is 4.19. The summed E-state index contributed by atoms with van der Waals surface area (Å²) in [6.07, 6.45) is 3.89. The summed E-state index contributed by atoms with van der Waals surface area (Å²) in [5, 5.41) is 7.02. The van der Waals surface area contributed by atoms with Crippen LogP contribution in [-0.4, -0.2) is 41.2 Å². The SMILES string of the molecule is COc1ccc(-c2[nH]ncc2C(=O)N2CCCC(C)C2)cc1. The zero-order valence-electron chi connectivity index (χ0n) is 13.0. The predicted molar refractivity (Wildman–Crippen MR) is 84.9 cm³/mol. The van der Waals surface area contributed by atoms with Crippen molar-refractivity contribution in [2.24, 2.45) is 5.92 Å². The van der Waals surface area contributed by atoms with Gasteiger partial charge in [-0.25, -0.2) is 0 Å². The minimum absolute atomic E-state index is 0.0612. The highest BCUT2D eigenvalue weighted by molar-refractivity contribution is 5.99. The van der Waals surface area contributed by atoms with Crippen LogP contribution in [0.25, 0.3) is 11.3 Å². The molecule has 0 saturated carbocycles. The number of methoxy groups -OCH3 is 1. The first-order valence-corrected chi connectivity index (χ1v) is 7.66. The number of hydrogen-bond donors (Lipinski definition) is 1. The highest BCUT2D eigenvalue weighted by Crippen LogP contribution is 2.26. The van der Waals surface area contributed by atoms with Crippen molar-refractivity contribution in [1.29, 1.82) is 0 Å². The molecule has 1 aliphatic rings. The van der Waals surface area contributed by atoms with E-state index in [9.17, 15) is 4.79 Å². The molecule has 3 rings (SSSR count). The van der Waals surface area contributed by atoms with Gasteiger partial charge in [0.1, 0.15) is 5.75 Å². The Kier molecular flexibility index (Phi) is 4.13. The van der Waals surface area contributed by atoms with Crippen molar-refractivity contribution in [3.63, 3.8) is 0 Å². The molecule has 1 unspecified atom stereocenters.